The van der Waals surface area contributed by atoms with Gasteiger partial charge in [0.05, 0.1) is 0 Å². The van der Waals surface area contributed by atoms with Crippen LogP contribution >= 0.6 is 15.9 Å². The van der Waals surface area contributed by atoms with Gasteiger partial charge in [0.15, 0.2) is 6.10 Å². The SMILES string of the molecule is C[C@H](Oc1ccc2c(c1)CCCC2)C(=O)Nc1ccc(Br)cc1. The van der Waals surface area contributed by atoms with Crippen molar-refractivity contribution in [3.63, 3.8) is 0 Å². The number of rotatable bonds is 4. The van der Waals surface area contributed by atoms with Crippen LogP contribution < -0.4 is 10.1 Å². The molecule has 0 aromatic heterocycles. The monoisotopic (exact) mass is 373 g/mol. The lowest BCUT2D eigenvalue weighted by molar-refractivity contribution is -0.122. The molecule has 23 heavy (non-hydrogen) atoms. The molecular formula is C19H20BrNO2. The van der Waals surface area contributed by atoms with Gasteiger partial charge >= 0.3 is 0 Å². The minimum absolute atomic E-state index is 0.148. The summed E-state index contributed by atoms with van der Waals surface area (Å²) in [5, 5.41) is 2.87. The minimum Gasteiger partial charge on any atom is -0.481 e. The number of halogens is 1. The molecule has 0 saturated carbocycles. The van der Waals surface area contributed by atoms with Crippen LogP contribution in [0.4, 0.5) is 5.69 Å². The van der Waals surface area contributed by atoms with Gasteiger partial charge in [-0.25, -0.2) is 0 Å². The van der Waals surface area contributed by atoms with Crippen LogP contribution in [0.25, 0.3) is 0 Å². The number of ether oxygens (including phenoxy) is 1. The number of hydrogen-bond donors (Lipinski definition) is 1. The van der Waals surface area contributed by atoms with Crippen LogP contribution in [0.5, 0.6) is 5.75 Å². The molecule has 0 saturated heterocycles. The zero-order valence-corrected chi connectivity index (χ0v) is 14.7. The first-order valence-corrected chi connectivity index (χ1v) is 8.76. The molecule has 3 rings (SSSR count). The number of anilines is 1. The van der Waals surface area contributed by atoms with Gasteiger partial charge in [0.1, 0.15) is 5.75 Å². The largest absolute Gasteiger partial charge is 0.481 e. The van der Waals surface area contributed by atoms with Gasteiger partial charge in [-0.3, -0.25) is 4.79 Å². The van der Waals surface area contributed by atoms with Crippen molar-refractivity contribution in [2.75, 3.05) is 5.32 Å². The number of amides is 1. The molecule has 1 amide bonds. The first kappa shape index (κ1) is 16.1. The molecule has 0 heterocycles. The van der Waals surface area contributed by atoms with Gasteiger partial charge in [0, 0.05) is 10.2 Å². The maximum atomic E-state index is 12.2. The Kier molecular flexibility index (Phi) is 5.01. The highest BCUT2D eigenvalue weighted by Gasteiger charge is 2.16. The summed E-state index contributed by atoms with van der Waals surface area (Å²) in [5.41, 5.74) is 3.53. The Hall–Kier alpha value is -1.81. The van der Waals surface area contributed by atoms with Gasteiger partial charge in [0.25, 0.3) is 5.91 Å². The molecule has 0 radical (unpaired) electrons. The summed E-state index contributed by atoms with van der Waals surface area (Å²) in [5.74, 6) is 0.620. The summed E-state index contributed by atoms with van der Waals surface area (Å²) in [4.78, 5) is 12.2. The van der Waals surface area contributed by atoms with Gasteiger partial charge in [0.2, 0.25) is 0 Å². The molecule has 0 bridgehead atoms. The summed E-state index contributed by atoms with van der Waals surface area (Å²) >= 11 is 3.38. The molecule has 2 aromatic rings. The molecule has 2 aromatic carbocycles. The van der Waals surface area contributed by atoms with Crippen molar-refractivity contribution >= 4 is 27.5 Å². The van der Waals surface area contributed by atoms with E-state index in [4.69, 9.17) is 4.74 Å². The smallest absolute Gasteiger partial charge is 0.265 e. The Bertz CT molecular complexity index is 697. The fraction of sp³-hybridized carbons (Fsp3) is 0.316. The molecule has 0 fully saturated rings. The molecule has 3 nitrogen and oxygen atoms in total. The zero-order valence-electron chi connectivity index (χ0n) is 13.1. The average molecular weight is 374 g/mol. The Balaban J connectivity index is 1.62. The molecule has 0 spiro atoms. The maximum Gasteiger partial charge on any atom is 0.265 e. The van der Waals surface area contributed by atoms with E-state index in [9.17, 15) is 4.79 Å². The third kappa shape index (κ3) is 4.14. The van der Waals surface area contributed by atoms with Crippen molar-refractivity contribution in [1.82, 2.24) is 0 Å². The lowest BCUT2D eigenvalue weighted by Gasteiger charge is -2.19. The van der Waals surface area contributed by atoms with E-state index in [0.29, 0.717) is 0 Å². The van der Waals surface area contributed by atoms with Crippen molar-refractivity contribution < 1.29 is 9.53 Å². The van der Waals surface area contributed by atoms with Crippen molar-refractivity contribution in [3.05, 3.63) is 58.1 Å². The summed E-state index contributed by atoms with van der Waals surface area (Å²) in [6, 6.07) is 13.7. The van der Waals surface area contributed by atoms with E-state index in [0.717, 1.165) is 28.8 Å². The summed E-state index contributed by atoms with van der Waals surface area (Å²) in [6.45, 7) is 1.77. The fourth-order valence-electron chi connectivity index (χ4n) is 2.82. The first-order chi connectivity index (χ1) is 11.1. The van der Waals surface area contributed by atoms with Crippen LogP contribution in [0.15, 0.2) is 46.9 Å². The highest BCUT2D eigenvalue weighted by atomic mass is 79.9. The van der Waals surface area contributed by atoms with E-state index in [2.05, 4.69) is 33.4 Å². The lowest BCUT2D eigenvalue weighted by atomic mass is 9.92. The molecule has 0 aliphatic heterocycles. The Morgan fingerprint density at radius 1 is 1.09 bits per heavy atom. The van der Waals surface area contributed by atoms with Crippen LogP contribution in [-0.2, 0) is 17.6 Å². The normalized spacial score (nSPS) is 14.7. The van der Waals surface area contributed by atoms with Crippen molar-refractivity contribution in [1.29, 1.82) is 0 Å². The second-order valence-corrected chi connectivity index (χ2v) is 6.81. The van der Waals surface area contributed by atoms with Crippen LogP contribution in [0.3, 0.4) is 0 Å². The van der Waals surface area contributed by atoms with Gasteiger partial charge < -0.3 is 10.1 Å². The predicted octanol–water partition coefficient (Wildman–Crippen LogP) is 4.73. The van der Waals surface area contributed by atoms with E-state index in [1.54, 1.807) is 6.92 Å². The molecular weight excluding hydrogens is 354 g/mol. The number of carbonyl (C=O) groups excluding carboxylic acids is 1. The van der Waals surface area contributed by atoms with Gasteiger partial charge in [-0.1, -0.05) is 22.0 Å². The van der Waals surface area contributed by atoms with E-state index in [-0.39, 0.29) is 5.91 Å². The standard InChI is InChI=1S/C19H20BrNO2/c1-13(19(22)21-17-9-7-16(20)8-10-17)23-18-11-6-14-4-2-3-5-15(14)12-18/h6-13H,2-5H2,1H3,(H,21,22)/t13-/m0/s1. The third-order valence-corrected chi connectivity index (χ3v) is 4.64. The van der Waals surface area contributed by atoms with Crippen molar-refractivity contribution in [2.24, 2.45) is 0 Å². The van der Waals surface area contributed by atoms with Gasteiger partial charge in [-0.05, 0) is 80.1 Å². The van der Waals surface area contributed by atoms with Crippen LogP contribution in [-0.4, -0.2) is 12.0 Å². The van der Waals surface area contributed by atoms with Crippen molar-refractivity contribution in [2.45, 2.75) is 38.7 Å². The number of fused-ring (bicyclic) bond motifs is 1. The van der Waals surface area contributed by atoms with Gasteiger partial charge in [-0.15, -0.1) is 0 Å². The quantitative estimate of drug-likeness (QED) is 0.840. The van der Waals surface area contributed by atoms with Gasteiger partial charge in [-0.2, -0.15) is 0 Å². The Morgan fingerprint density at radius 3 is 2.52 bits per heavy atom. The number of hydrogen-bond acceptors (Lipinski definition) is 2. The molecule has 4 heteroatoms. The number of benzene rings is 2. The van der Waals surface area contributed by atoms with E-state index >= 15 is 0 Å². The van der Waals surface area contributed by atoms with Crippen LogP contribution in [0, 0.1) is 0 Å². The average Bonchev–Trinajstić information content (AvgIpc) is 2.56. The molecule has 1 aliphatic carbocycles. The fourth-order valence-corrected chi connectivity index (χ4v) is 3.08. The predicted molar refractivity (Wildman–Crippen MR) is 95.9 cm³/mol. The minimum atomic E-state index is -0.541. The second kappa shape index (κ2) is 7.18. The van der Waals surface area contributed by atoms with Crippen LogP contribution in [0.2, 0.25) is 0 Å². The topological polar surface area (TPSA) is 38.3 Å². The number of nitrogens with one attached hydrogen (secondary N) is 1. The summed E-state index contributed by atoms with van der Waals surface area (Å²) in [6.07, 6.45) is 4.21. The lowest BCUT2D eigenvalue weighted by Crippen LogP contribution is -2.30. The highest BCUT2D eigenvalue weighted by Crippen LogP contribution is 2.26. The Labute approximate surface area is 145 Å². The molecule has 1 atom stereocenters. The first-order valence-electron chi connectivity index (χ1n) is 7.97. The number of aryl methyl sites for hydroxylation is 2. The summed E-state index contributed by atoms with van der Waals surface area (Å²) < 4.78 is 6.80. The molecule has 0 unspecified atom stereocenters. The van der Waals surface area contributed by atoms with E-state index in [1.807, 2.05) is 30.3 Å². The molecule has 1 aliphatic rings. The third-order valence-electron chi connectivity index (χ3n) is 4.11. The number of carbonyl (C=O) groups is 1. The van der Waals surface area contributed by atoms with E-state index in [1.165, 1.54) is 24.0 Å². The maximum absolute atomic E-state index is 12.2. The Morgan fingerprint density at radius 2 is 1.78 bits per heavy atom. The summed E-state index contributed by atoms with van der Waals surface area (Å²) in [7, 11) is 0. The van der Waals surface area contributed by atoms with Crippen LogP contribution in [0.1, 0.15) is 30.9 Å². The molecule has 120 valence electrons. The second-order valence-electron chi connectivity index (χ2n) is 5.89. The van der Waals surface area contributed by atoms with Crippen molar-refractivity contribution in [3.8, 4) is 5.75 Å². The highest BCUT2D eigenvalue weighted by molar-refractivity contribution is 9.10. The zero-order chi connectivity index (χ0) is 16.2. The molecule has 1 N–H and O–H groups in total. The van der Waals surface area contributed by atoms with E-state index < -0.39 is 6.10 Å².